The fourth-order valence-corrected chi connectivity index (χ4v) is 3.42. The van der Waals surface area contributed by atoms with Gasteiger partial charge in [-0.15, -0.1) is 11.6 Å². The molecule has 0 radical (unpaired) electrons. The van der Waals surface area contributed by atoms with Crippen molar-refractivity contribution in [2.24, 2.45) is 0 Å². The summed E-state index contributed by atoms with van der Waals surface area (Å²) in [5.41, 5.74) is 2.58. The van der Waals surface area contributed by atoms with Crippen LogP contribution in [-0.2, 0) is 6.54 Å². The Morgan fingerprint density at radius 2 is 1.67 bits per heavy atom. The van der Waals surface area contributed by atoms with E-state index in [4.69, 9.17) is 16.7 Å². The summed E-state index contributed by atoms with van der Waals surface area (Å²) in [4.78, 5) is 13.0. The molecule has 0 aliphatic carbocycles. The minimum absolute atomic E-state index is 0.0316. The Hall–Kier alpha value is -2.59. The van der Waals surface area contributed by atoms with Gasteiger partial charge in [0.2, 0.25) is 0 Å². The summed E-state index contributed by atoms with van der Waals surface area (Å²) in [6, 6.07) is 17.5. The van der Waals surface area contributed by atoms with E-state index in [1.807, 2.05) is 66.2 Å². The molecule has 0 aliphatic rings. The van der Waals surface area contributed by atoms with Crippen LogP contribution >= 0.6 is 11.6 Å². The molecular weight excluding hydrogens is 322 g/mol. The molecule has 0 saturated heterocycles. The second-order valence-electron chi connectivity index (χ2n) is 5.72. The van der Waals surface area contributed by atoms with E-state index in [1.165, 1.54) is 0 Å². The summed E-state index contributed by atoms with van der Waals surface area (Å²) in [7, 11) is 0. The van der Waals surface area contributed by atoms with Crippen molar-refractivity contribution in [3.05, 3.63) is 70.6 Å². The zero-order valence-corrected chi connectivity index (χ0v) is 14.0. The van der Waals surface area contributed by atoms with Gasteiger partial charge >= 0.3 is 0 Å². The summed E-state index contributed by atoms with van der Waals surface area (Å²) in [5, 5.41) is 7.34. The summed E-state index contributed by atoms with van der Waals surface area (Å²) in [6.07, 6.45) is 0. The molecule has 4 aromatic rings. The highest BCUT2D eigenvalue weighted by Crippen LogP contribution is 2.27. The van der Waals surface area contributed by atoms with Crippen LogP contribution in [0.1, 0.15) is 5.69 Å². The predicted molar refractivity (Wildman–Crippen MR) is 98.3 cm³/mol. The molecule has 120 valence electrons. The van der Waals surface area contributed by atoms with Gasteiger partial charge in [0.05, 0.1) is 11.4 Å². The van der Waals surface area contributed by atoms with E-state index in [1.54, 1.807) is 4.57 Å². The molecule has 0 atom stereocenters. The number of rotatable bonds is 3. The van der Waals surface area contributed by atoms with Crippen molar-refractivity contribution < 1.29 is 0 Å². The number of halogens is 1. The van der Waals surface area contributed by atoms with Gasteiger partial charge in [-0.05, 0) is 25.1 Å². The first-order chi connectivity index (χ1) is 11.7. The van der Waals surface area contributed by atoms with Crippen molar-refractivity contribution in [3.63, 3.8) is 0 Å². The SMILES string of the molecule is Cc1nn(-c2ccccc2)c2c1c1ccccc1c(=O)n2CCCl. The second-order valence-corrected chi connectivity index (χ2v) is 6.10. The zero-order chi connectivity index (χ0) is 16.7. The molecule has 0 saturated carbocycles. The van der Waals surface area contributed by atoms with Crippen LogP contribution in [0.4, 0.5) is 0 Å². The van der Waals surface area contributed by atoms with Crippen molar-refractivity contribution >= 4 is 33.4 Å². The molecule has 0 N–H and O–H groups in total. The smallest absolute Gasteiger partial charge is 0.260 e. The summed E-state index contributed by atoms with van der Waals surface area (Å²) < 4.78 is 3.57. The van der Waals surface area contributed by atoms with Crippen LogP contribution in [0.15, 0.2) is 59.4 Å². The van der Waals surface area contributed by atoms with Crippen molar-refractivity contribution in [1.29, 1.82) is 0 Å². The Morgan fingerprint density at radius 3 is 2.38 bits per heavy atom. The number of para-hydroxylation sites is 1. The van der Waals surface area contributed by atoms with E-state index in [0.29, 0.717) is 17.8 Å². The lowest BCUT2D eigenvalue weighted by Crippen LogP contribution is -2.23. The third-order valence-corrected chi connectivity index (χ3v) is 4.44. The number of aryl methyl sites for hydroxylation is 2. The monoisotopic (exact) mass is 337 g/mol. The lowest BCUT2D eigenvalue weighted by Gasteiger charge is -2.12. The molecule has 0 unspecified atom stereocenters. The Bertz CT molecular complexity index is 1100. The molecule has 0 fully saturated rings. The molecule has 4 nitrogen and oxygen atoms in total. The van der Waals surface area contributed by atoms with Gasteiger partial charge in [-0.3, -0.25) is 9.36 Å². The topological polar surface area (TPSA) is 39.8 Å². The van der Waals surface area contributed by atoms with Gasteiger partial charge in [0.1, 0.15) is 5.65 Å². The summed E-state index contributed by atoms with van der Waals surface area (Å²) in [5.74, 6) is 0.367. The lowest BCUT2D eigenvalue weighted by atomic mass is 10.1. The largest absolute Gasteiger partial charge is 0.291 e. The number of hydrogen-bond acceptors (Lipinski definition) is 2. The average molecular weight is 338 g/mol. The highest BCUT2D eigenvalue weighted by atomic mass is 35.5. The van der Waals surface area contributed by atoms with E-state index in [0.717, 1.165) is 27.8 Å². The number of pyridine rings is 1. The first-order valence-electron chi connectivity index (χ1n) is 7.84. The fraction of sp³-hybridized carbons (Fsp3) is 0.158. The van der Waals surface area contributed by atoms with Crippen LogP contribution in [0, 0.1) is 6.92 Å². The Balaban J connectivity index is 2.24. The molecule has 5 heteroatoms. The second kappa shape index (κ2) is 5.80. The van der Waals surface area contributed by atoms with Crippen molar-refractivity contribution in [2.45, 2.75) is 13.5 Å². The average Bonchev–Trinajstić information content (AvgIpc) is 2.97. The van der Waals surface area contributed by atoms with Gasteiger partial charge in [0.25, 0.3) is 5.56 Å². The van der Waals surface area contributed by atoms with Crippen LogP contribution in [-0.4, -0.2) is 20.2 Å². The fourth-order valence-electron chi connectivity index (χ4n) is 3.25. The van der Waals surface area contributed by atoms with Gasteiger partial charge in [-0.1, -0.05) is 36.4 Å². The van der Waals surface area contributed by atoms with Crippen LogP contribution in [0.2, 0.25) is 0 Å². The highest BCUT2D eigenvalue weighted by Gasteiger charge is 2.18. The Kier molecular flexibility index (Phi) is 3.62. The van der Waals surface area contributed by atoms with Crippen molar-refractivity contribution in [3.8, 4) is 5.69 Å². The lowest BCUT2D eigenvalue weighted by molar-refractivity contribution is 0.735. The quantitative estimate of drug-likeness (QED) is 0.532. The standard InChI is InChI=1S/C19H16ClN3O/c1-13-17-15-9-5-6-10-16(15)19(24)22(12-11-20)18(17)23(21-13)14-7-3-2-4-8-14/h2-10H,11-12H2,1H3. The van der Waals surface area contributed by atoms with Crippen LogP contribution < -0.4 is 5.56 Å². The van der Waals surface area contributed by atoms with Crippen LogP contribution in [0.5, 0.6) is 0 Å². The zero-order valence-electron chi connectivity index (χ0n) is 13.2. The van der Waals surface area contributed by atoms with Gasteiger partial charge in [0, 0.05) is 28.6 Å². The minimum atomic E-state index is -0.0316. The molecule has 0 bridgehead atoms. The molecule has 0 spiro atoms. The van der Waals surface area contributed by atoms with E-state index in [2.05, 4.69) is 0 Å². The molecule has 24 heavy (non-hydrogen) atoms. The molecule has 0 amide bonds. The normalized spacial score (nSPS) is 11.4. The first kappa shape index (κ1) is 15.0. The molecular formula is C19H16ClN3O. The number of aromatic nitrogens is 3. The highest BCUT2D eigenvalue weighted by molar-refractivity contribution is 6.17. The predicted octanol–water partition coefficient (Wildman–Crippen LogP) is 3.89. The maximum atomic E-state index is 13.0. The van der Waals surface area contributed by atoms with Gasteiger partial charge in [-0.2, -0.15) is 5.10 Å². The maximum absolute atomic E-state index is 13.0. The third kappa shape index (κ3) is 2.14. The van der Waals surface area contributed by atoms with Crippen LogP contribution in [0.3, 0.4) is 0 Å². The van der Waals surface area contributed by atoms with Gasteiger partial charge in [0.15, 0.2) is 0 Å². The number of hydrogen-bond donors (Lipinski definition) is 0. The summed E-state index contributed by atoms with van der Waals surface area (Å²) >= 11 is 5.98. The molecule has 2 heterocycles. The molecule has 2 aromatic heterocycles. The molecule has 2 aromatic carbocycles. The number of benzene rings is 2. The minimum Gasteiger partial charge on any atom is -0.291 e. The van der Waals surface area contributed by atoms with Crippen molar-refractivity contribution in [2.75, 3.05) is 5.88 Å². The Morgan fingerprint density at radius 1 is 1.00 bits per heavy atom. The molecule has 0 aliphatic heterocycles. The van der Waals surface area contributed by atoms with E-state index < -0.39 is 0 Å². The maximum Gasteiger partial charge on any atom is 0.260 e. The number of fused-ring (bicyclic) bond motifs is 3. The van der Waals surface area contributed by atoms with Crippen LogP contribution in [0.25, 0.3) is 27.5 Å². The van der Waals surface area contributed by atoms with Crippen molar-refractivity contribution in [1.82, 2.24) is 14.3 Å². The summed E-state index contributed by atoms with van der Waals surface area (Å²) in [6.45, 7) is 2.42. The van der Waals surface area contributed by atoms with Gasteiger partial charge < -0.3 is 0 Å². The number of alkyl halides is 1. The Labute approximate surface area is 143 Å². The van der Waals surface area contributed by atoms with Gasteiger partial charge in [-0.25, -0.2) is 4.68 Å². The third-order valence-electron chi connectivity index (χ3n) is 4.27. The molecule has 4 rings (SSSR count). The van der Waals surface area contributed by atoms with E-state index >= 15 is 0 Å². The number of nitrogens with zero attached hydrogens (tertiary/aromatic N) is 3. The first-order valence-corrected chi connectivity index (χ1v) is 8.38. The van der Waals surface area contributed by atoms with E-state index in [9.17, 15) is 4.79 Å². The van der Waals surface area contributed by atoms with E-state index in [-0.39, 0.29) is 5.56 Å².